The maximum absolute atomic E-state index is 13.1. The molecule has 1 N–H and O–H groups in total. The zero-order valence-corrected chi connectivity index (χ0v) is 16.6. The van der Waals surface area contributed by atoms with Crippen LogP contribution in [0.2, 0.25) is 0 Å². The van der Waals surface area contributed by atoms with Crippen molar-refractivity contribution < 1.29 is 17.9 Å². The number of carbonyl (C=O) groups is 1. The van der Waals surface area contributed by atoms with Crippen molar-refractivity contribution in [2.45, 2.75) is 17.9 Å². The molecule has 6 nitrogen and oxygen atoms in total. The topological polar surface area (TPSA) is 75.7 Å². The summed E-state index contributed by atoms with van der Waals surface area (Å²) in [4.78, 5) is 13.1. The van der Waals surface area contributed by atoms with Crippen molar-refractivity contribution in [3.63, 3.8) is 0 Å². The number of sulfonamides is 1. The number of hydrogen-bond donors (Lipinski definition) is 1. The maximum atomic E-state index is 13.1. The first kappa shape index (κ1) is 19.0. The van der Waals surface area contributed by atoms with E-state index in [2.05, 4.69) is 11.9 Å². The molecule has 1 aliphatic rings. The number of rotatable bonds is 6. The predicted octanol–water partition coefficient (Wildman–Crippen LogP) is 3.94. The standard InChI is InChI=1S/C22H20N2O4S/c1-3-14-28-18-12-10-17(11-13-18)23-22(25)15(2)24-19-8-4-6-16-7-5-9-20(21(16)19)29(24,26)27/h3-13,15H,1,14H2,2H3,(H,23,25)/t15-/m1/s1. The zero-order valence-electron chi connectivity index (χ0n) is 15.8. The molecule has 0 spiro atoms. The van der Waals surface area contributed by atoms with Gasteiger partial charge in [-0.2, -0.15) is 0 Å². The Balaban J connectivity index is 1.60. The Bertz CT molecular complexity index is 1200. The van der Waals surface area contributed by atoms with Crippen LogP contribution in [0.25, 0.3) is 10.8 Å². The van der Waals surface area contributed by atoms with Gasteiger partial charge in [-0.1, -0.05) is 36.9 Å². The summed E-state index contributed by atoms with van der Waals surface area (Å²) in [5.74, 6) is 0.235. The summed E-state index contributed by atoms with van der Waals surface area (Å²) in [5.41, 5.74) is 1.08. The van der Waals surface area contributed by atoms with Gasteiger partial charge in [0.05, 0.1) is 10.6 Å². The van der Waals surface area contributed by atoms with Crippen molar-refractivity contribution in [3.05, 3.63) is 73.3 Å². The van der Waals surface area contributed by atoms with E-state index in [0.29, 0.717) is 29.1 Å². The Kier molecular flexibility index (Phi) is 4.76. The Morgan fingerprint density at radius 3 is 2.52 bits per heavy atom. The highest BCUT2D eigenvalue weighted by atomic mass is 32.2. The lowest BCUT2D eigenvalue weighted by molar-refractivity contribution is -0.116. The lowest BCUT2D eigenvalue weighted by Crippen LogP contribution is -2.43. The minimum atomic E-state index is -3.81. The lowest BCUT2D eigenvalue weighted by Gasteiger charge is -2.25. The van der Waals surface area contributed by atoms with Gasteiger partial charge in [-0.3, -0.25) is 9.10 Å². The molecule has 0 bridgehead atoms. The van der Waals surface area contributed by atoms with Crippen LogP contribution in [0.3, 0.4) is 0 Å². The molecule has 7 heteroatoms. The molecule has 3 aromatic rings. The molecule has 0 saturated heterocycles. The molecular weight excluding hydrogens is 388 g/mol. The normalized spacial score (nSPS) is 15.1. The minimum Gasteiger partial charge on any atom is -0.490 e. The summed E-state index contributed by atoms with van der Waals surface area (Å²) in [6.07, 6.45) is 1.65. The van der Waals surface area contributed by atoms with Crippen molar-refractivity contribution in [3.8, 4) is 5.75 Å². The van der Waals surface area contributed by atoms with E-state index in [1.807, 2.05) is 12.1 Å². The molecule has 29 heavy (non-hydrogen) atoms. The number of carbonyl (C=O) groups excluding carboxylic acids is 1. The summed E-state index contributed by atoms with van der Waals surface area (Å²) < 4.78 is 32.9. The first-order chi connectivity index (χ1) is 13.9. The van der Waals surface area contributed by atoms with E-state index < -0.39 is 22.0 Å². The summed E-state index contributed by atoms with van der Waals surface area (Å²) in [6, 6.07) is 16.5. The maximum Gasteiger partial charge on any atom is 0.265 e. The van der Waals surface area contributed by atoms with Gasteiger partial charge in [0.25, 0.3) is 10.0 Å². The molecule has 4 rings (SSSR count). The third kappa shape index (κ3) is 3.23. The average molecular weight is 408 g/mol. The Hall–Kier alpha value is -3.32. The van der Waals surface area contributed by atoms with E-state index in [1.165, 1.54) is 4.31 Å². The molecule has 0 unspecified atom stereocenters. The second kappa shape index (κ2) is 7.25. The van der Waals surface area contributed by atoms with Crippen LogP contribution >= 0.6 is 0 Å². The second-order valence-electron chi connectivity index (χ2n) is 6.72. The van der Waals surface area contributed by atoms with Crippen LogP contribution in [0.1, 0.15) is 6.92 Å². The van der Waals surface area contributed by atoms with E-state index in [9.17, 15) is 13.2 Å². The van der Waals surface area contributed by atoms with E-state index in [4.69, 9.17) is 4.74 Å². The zero-order chi connectivity index (χ0) is 20.6. The quantitative estimate of drug-likeness (QED) is 0.627. The first-order valence-corrected chi connectivity index (χ1v) is 10.6. The molecular formula is C22H20N2O4S. The molecule has 1 heterocycles. The molecule has 0 aliphatic carbocycles. The molecule has 0 radical (unpaired) electrons. The number of ether oxygens (including phenoxy) is 1. The minimum absolute atomic E-state index is 0.231. The summed E-state index contributed by atoms with van der Waals surface area (Å²) in [6.45, 7) is 5.57. The van der Waals surface area contributed by atoms with Gasteiger partial charge in [0.15, 0.2) is 0 Å². The Morgan fingerprint density at radius 2 is 1.83 bits per heavy atom. The second-order valence-corrected chi connectivity index (χ2v) is 8.50. The molecule has 0 fully saturated rings. The highest BCUT2D eigenvalue weighted by molar-refractivity contribution is 7.93. The van der Waals surface area contributed by atoms with E-state index in [-0.39, 0.29) is 4.90 Å². The summed E-state index contributed by atoms with van der Waals surface area (Å²) in [5, 5.41) is 4.26. The molecule has 1 aliphatic heterocycles. The van der Waals surface area contributed by atoms with Crippen molar-refractivity contribution in [1.29, 1.82) is 0 Å². The summed E-state index contributed by atoms with van der Waals surface area (Å²) >= 11 is 0. The molecule has 3 aromatic carbocycles. The fourth-order valence-corrected chi connectivity index (χ4v) is 5.35. The number of hydrogen-bond acceptors (Lipinski definition) is 4. The van der Waals surface area contributed by atoms with E-state index >= 15 is 0 Å². The summed E-state index contributed by atoms with van der Waals surface area (Å²) in [7, 11) is -3.81. The number of benzene rings is 3. The van der Waals surface area contributed by atoms with Crippen molar-refractivity contribution in [2.24, 2.45) is 0 Å². The molecule has 0 saturated carbocycles. The molecule has 0 aromatic heterocycles. The van der Waals surface area contributed by atoms with Crippen LogP contribution in [-0.2, 0) is 14.8 Å². The van der Waals surface area contributed by atoms with Crippen LogP contribution in [-0.4, -0.2) is 27.0 Å². The van der Waals surface area contributed by atoms with Crippen LogP contribution < -0.4 is 14.4 Å². The van der Waals surface area contributed by atoms with Gasteiger partial charge in [0, 0.05) is 11.1 Å². The fraction of sp³-hybridized carbons (Fsp3) is 0.136. The number of amides is 1. The largest absolute Gasteiger partial charge is 0.490 e. The van der Waals surface area contributed by atoms with E-state index in [1.54, 1.807) is 61.5 Å². The average Bonchev–Trinajstić information content (AvgIpc) is 2.95. The Morgan fingerprint density at radius 1 is 1.14 bits per heavy atom. The van der Waals surface area contributed by atoms with Gasteiger partial charge in [-0.05, 0) is 48.7 Å². The van der Waals surface area contributed by atoms with Gasteiger partial charge < -0.3 is 10.1 Å². The van der Waals surface area contributed by atoms with Gasteiger partial charge in [-0.25, -0.2) is 8.42 Å². The van der Waals surface area contributed by atoms with Gasteiger partial charge >= 0.3 is 0 Å². The first-order valence-electron chi connectivity index (χ1n) is 9.14. The number of anilines is 2. The van der Waals surface area contributed by atoms with Gasteiger partial charge in [0.2, 0.25) is 5.91 Å². The van der Waals surface area contributed by atoms with Crippen LogP contribution in [0.15, 0.2) is 78.2 Å². The number of nitrogens with one attached hydrogen (secondary N) is 1. The third-order valence-electron chi connectivity index (χ3n) is 4.84. The van der Waals surface area contributed by atoms with Gasteiger partial charge in [-0.15, -0.1) is 0 Å². The highest BCUT2D eigenvalue weighted by Gasteiger charge is 2.40. The van der Waals surface area contributed by atoms with Crippen molar-refractivity contribution in [2.75, 3.05) is 16.2 Å². The highest BCUT2D eigenvalue weighted by Crippen LogP contribution is 2.43. The molecule has 1 atom stereocenters. The Labute approximate surface area is 169 Å². The number of nitrogens with zero attached hydrogens (tertiary/aromatic N) is 1. The lowest BCUT2D eigenvalue weighted by atomic mass is 10.1. The smallest absolute Gasteiger partial charge is 0.265 e. The monoisotopic (exact) mass is 408 g/mol. The fourth-order valence-electron chi connectivity index (χ4n) is 3.48. The third-order valence-corrected chi connectivity index (χ3v) is 6.77. The van der Waals surface area contributed by atoms with Crippen molar-refractivity contribution >= 4 is 38.1 Å². The predicted molar refractivity (Wildman–Crippen MR) is 114 cm³/mol. The van der Waals surface area contributed by atoms with Gasteiger partial charge in [0.1, 0.15) is 18.4 Å². The van der Waals surface area contributed by atoms with Crippen LogP contribution in [0, 0.1) is 0 Å². The van der Waals surface area contributed by atoms with Crippen LogP contribution in [0.5, 0.6) is 5.75 Å². The molecule has 148 valence electrons. The molecule has 1 amide bonds. The SMILES string of the molecule is C=CCOc1ccc(NC(=O)[C@@H](C)N2c3cccc4cccc(c34)S2(=O)=O)cc1. The van der Waals surface area contributed by atoms with Crippen molar-refractivity contribution in [1.82, 2.24) is 0 Å². The van der Waals surface area contributed by atoms with Crippen LogP contribution in [0.4, 0.5) is 11.4 Å². The van der Waals surface area contributed by atoms with E-state index in [0.717, 1.165) is 5.39 Å².